The van der Waals surface area contributed by atoms with Gasteiger partial charge in [0.1, 0.15) is 0 Å². The van der Waals surface area contributed by atoms with Gasteiger partial charge in [0.25, 0.3) is 0 Å². The molecule has 0 radical (unpaired) electrons. The van der Waals surface area contributed by atoms with Crippen LogP contribution in [0.5, 0.6) is 0 Å². The Hall–Kier alpha value is -1.13. The van der Waals surface area contributed by atoms with Gasteiger partial charge in [-0.1, -0.05) is 17.7 Å². The molecule has 1 aromatic carbocycles. The maximum absolute atomic E-state index is 5.92. The molecule has 0 saturated carbocycles. The largest absolute Gasteiger partial charge is 0.398 e. The van der Waals surface area contributed by atoms with Crippen molar-refractivity contribution in [3.63, 3.8) is 0 Å². The summed E-state index contributed by atoms with van der Waals surface area (Å²) in [5, 5.41) is 6.26. The molecule has 0 aliphatic carbocycles. The standard InChI is InChI=1S/C12H14ClN3S/c1-7-11(15-16(2)12(7)17-3)8-4-5-9(13)10(14)6-8/h4-6H,14H2,1-3H3. The van der Waals surface area contributed by atoms with Crippen molar-refractivity contribution in [2.75, 3.05) is 12.0 Å². The molecule has 0 fully saturated rings. The third-order valence-electron chi connectivity index (χ3n) is 2.68. The second-order valence-corrected chi connectivity index (χ2v) is 5.04. The summed E-state index contributed by atoms with van der Waals surface area (Å²) in [6.45, 7) is 2.07. The predicted molar refractivity (Wildman–Crippen MR) is 74.6 cm³/mol. The lowest BCUT2D eigenvalue weighted by molar-refractivity contribution is 0.699. The van der Waals surface area contributed by atoms with E-state index in [1.54, 1.807) is 17.8 Å². The molecule has 0 bridgehead atoms. The number of benzene rings is 1. The predicted octanol–water partition coefficient (Wildman–Crippen LogP) is 3.35. The van der Waals surface area contributed by atoms with Crippen molar-refractivity contribution in [1.29, 1.82) is 0 Å². The zero-order valence-corrected chi connectivity index (χ0v) is 11.6. The molecule has 2 N–H and O–H groups in total. The summed E-state index contributed by atoms with van der Waals surface area (Å²) in [5.41, 5.74) is 9.52. The zero-order chi connectivity index (χ0) is 12.6. The molecule has 1 heterocycles. The average molecular weight is 268 g/mol. The van der Waals surface area contributed by atoms with E-state index in [-0.39, 0.29) is 0 Å². The van der Waals surface area contributed by atoms with Gasteiger partial charge in [0, 0.05) is 18.2 Å². The number of rotatable bonds is 2. The van der Waals surface area contributed by atoms with E-state index in [0.717, 1.165) is 16.3 Å². The Bertz CT molecular complexity index is 563. The molecule has 0 aliphatic rings. The van der Waals surface area contributed by atoms with E-state index >= 15 is 0 Å². The Labute approximate surface area is 110 Å². The molecule has 0 unspecified atom stereocenters. The van der Waals surface area contributed by atoms with Crippen LogP contribution in [-0.4, -0.2) is 16.0 Å². The molecule has 2 aromatic rings. The van der Waals surface area contributed by atoms with Gasteiger partial charge in [-0.05, 0) is 25.3 Å². The Balaban J connectivity index is 2.57. The quantitative estimate of drug-likeness (QED) is 0.670. The summed E-state index contributed by atoms with van der Waals surface area (Å²) in [5.74, 6) is 0. The Morgan fingerprint density at radius 2 is 2.12 bits per heavy atom. The Morgan fingerprint density at radius 3 is 2.65 bits per heavy atom. The van der Waals surface area contributed by atoms with Crippen molar-refractivity contribution in [2.24, 2.45) is 7.05 Å². The molecule has 5 heteroatoms. The monoisotopic (exact) mass is 267 g/mol. The first-order valence-corrected chi connectivity index (χ1v) is 6.78. The zero-order valence-electron chi connectivity index (χ0n) is 9.99. The lowest BCUT2D eigenvalue weighted by Crippen LogP contribution is -1.92. The van der Waals surface area contributed by atoms with E-state index in [1.807, 2.05) is 30.1 Å². The number of aryl methyl sites for hydroxylation is 1. The first kappa shape index (κ1) is 12.3. The number of hydrogen-bond donors (Lipinski definition) is 1. The third kappa shape index (κ3) is 2.15. The van der Waals surface area contributed by atoms with Gasteiger partial charge in [0.05, 0.1) is 21.4 Å². The van der Waals surface area contributed by atoms with Crippen molar-refractivity contribution < 1.29 is 0 Å². The molecular formula is C12H14ClN3S. The van der Waals surface area contributed by atoms with E-state index in [1.165, 1.54) is 5.56 Å². The van der Waals surface area contributed by atoms with Gasteiger partial charge in [0.2, 0.25) is 0 Å². The van der Waals surface area contributed by atoms with Crippen LogP contribution < -0.4 is 5.73 Å². The molecule has 90 valence electrons. The van der Waals surface area contributed by atoms with Crippen molar-refractivity contribution in [3.8, 4) is 11.3 Å². The average Bonchev–Trinajstić information content (AvgIpc) is 2.58. The maximum atomic E-state index is 5.92. The van der Waals surface area contributed by atoms with Gasteiger partial charge < -0.3 is 5.73 Å². The van der Waals surface area contributed by atoms with Gasteiger partial charge in [-0.15, -0.1) is 11.8 Å². The van der Waals surface area contributed by atoms with Crippen LogP contribution in [0.15, 0.2) is 23.2 Å². The lowest BCUT2D eigenvalue weighted by atomic mass is 10.1. The fourth-order valence-electron chi connectivity index (χ4n) is 1.86. The van der Waals surface area contributed by atoms with Crippen molar-refractivity contribution in [1.82, 2.24) is 9.78 Å². The van der Waals surface area contributed by atoms with Gasteiger partial charge in [-0.2, -0.15) is 5.10 Å². The van der Waals surface area contributed by atoms with Crippen LogP contribution in [0.1, 0.15) is 5.56 Å². The highest BCUT2D eigenvalue weighted by atomic mass is 35.5. The van der Waals surface area contributed by atoms with Crippen molar-refractivity contribution in [2.45, 2.75) is 11.9 Å². The highest BCUT2D eigenvalue weighted by molar-refractivity contribution is 7.98. The molecule has 0 spiro atoms. The summed E-state index contributed by atoms with van der Waals surface area (Å²) in [4.78, 5) is 0. The number of nitrogens with two attached hydrogens (primary N) is 1. The van der Waals surface area contributed by atoms with Crippen LogP contribution in [0, 0.1) is 6.92 Å². The highest BCUT2D eigenvalue weighted by Crippen LogP contribution is 2.31. The van der Waals surface area contributed by atoms with E-state index in [0.29, 0.717) is 10.7 Å². The minimum Gasteiger partial charge on any atom is -0.398 e. The van der Waals surface area contributed by atoms with E-state index in [2.05, 4.69) is 12.0 Å². The molecule has 3 nitrogen and oxygen atoms in total. The summed E-state index contributed by atoms with van der Waals surface area (Å²) < 4.78 is 1.89. The number of aromatic nitrogens is 2. The van der Waals surface area contributed by atoms with Gasteiger partial charge >= 0.3 is 0 Å². The summed E-state index contributed by atoms with van der Waals surface area (Å²) in [6, 6.07) is 5.61. The normalized spacial score (nSPS) is 10.8. The highest BCUT2D eigenvalue weighted by Gasteiger charge is 2.13. The minimum atomic E-state index is 0.576. The Kier molecular flexibility index (Phi) is 3.35. The Morgan fingerprint density at radius 1 is 1.41 bits per heavy atom. The summed E-state index contributed by atoms with van der Waals surface area (Å²) in [6.07, 6.45) is 2.05. The molecule has 17 heavy (non-hydrogen) atoms. The molecule has 0 aliphatic heterocycles. The summed E-state index contributed by atoms with van der Waals surface area (Å²) >= 11 is 7.60. The number of anilines is 1. The van der Waals surface area contributed by atoms with E-state index in [9.17, 15) is 0 Å². The summed E-state index contributed by atoms with van der Waals surface area (Å²) in [7, 11) is 1.95. The second-order valence-electron chi connectivity index (χ2n) is 3.84. The third-order valence-corrected chi connectivity index (χ3v) is 3.98. The maximum Gasteiger partial charge on any atom is 0.0969 e. The van der Waals surface area contributed by atoms with Gasteiger partial charge in [0.15, 0.2) is 0 Å². The number of halogens is 1. The van der Waals surface area contributed by atoms with Crippen LogP contribution in [-0.2, 0) is 7.05 Å². The van der Waals surface area contributed by atoms with Crippen molar-refractivity contribution in [3.05, 3.63) is 28.8 Å². The number of nitrogens with zero attached hydrogens (tertiary/aromatic N) is 2. The number of thioether (sulfide) groups is 1. The molecule has 2 rings (SSSR count). The molecule has 0 amide bonds. The topological polar surface area (TPSA) is 43.8 Å². The first-order chi connectivity index (χ1) is 8.04. The second kappa shape index (κ2) is 4.63. The van der Waals surface area contributed by atoms with Crippen molar-refractivity contribution >= 4 is 29.1 Å². The van der Waals surface area contributed by atoms with Crippen LogP contribution >= 0.6 is 23.4 Å². The fourth-order valence-corrected chi connectivity index (χ4v) is 2.69. The first-order valence-electron chi connectivity index (χ1n) is 5.17. The SMILES string of the molecule is CSc1c(C)c(-c2ccc(Cl)c(N)c2)nn1C. The van der Waals surface area contributed by atoms with Crippen LogP contribution in [0.25, 0.3) is 11.3 Å². The van der Waals surface area contributed by atoms with Gasteiger partial charge in [-0.3, -0.25) is 4.68 Å². The molecule has 1 aromatic heterocycles. The fraction of sp³-hybridized carbons (Fsp3) is 0.250. The van der Waals surface area contributed by atoms with E-state index < -0.39 is 0 Å². The van der Waals surface area contributed by atoms with Crippen LogP contribution in [0.4, 0.5) is 5.69 Å². The van der Waals surface area contributed by atoms with E-state index in [4.69, 9.17) is 17.3 Å². The number of nitrogen functional groups attached to an aromatic ring is 1. The minimum absolute atomic E-state index is 0.576. The van der Waals surface area contributed by atoms with Crippen LogP contribution in [0.2, 0.25) is 5.02 Å². The number of hydrogen-bond acceptors (Lipinski definition) is 3. The lowest BCUT2D eigenvalue weighted by Gasteiger charge is -2.02. The smallest absolute Gasteiger partial charge is 0.0969 e. The van der Waals surface area contributed by atoms with Crippen LogP contribution in [0.3, 0.4) is 0 Å². The molecular weight excluding hydrogens is 254 g/mol. The van der Waals surface area contributed by atoms with Gasteiger partial charge in [-0.25, -0.2) is 0 Å². The molecule has 0 atom stereocenters. The molecule has 0 saturated heterocycles.